The van der Waals surface area contributed by atoms with Crippen molar-refractivity contribution in [2.45, 2.75) is 23.9 Å². The molecule has 0 bridgehead atoms. The second kappa shape index (κ2) is 2.11. The maximum atomic E-state index is 11.5. The number of likely N-dealkylation sites (N-methyl/N-ethyl adjacent to an activating group) is 1. The summed E-state index contributed by atoms with van der Waals surface area (Å²) >= 11 is 0. The molecular formula is C9H13N3O2. The predicted molar refractivity (Wildman–Crippen MR) is 48.5 cm³/mol. The van der Waals surface area contributed by atoms with E-state index in [1.165, 1.54) is 0 Å². The molecule has 14 heavy (non-hydrogen) atoms. The molecule has 5 heteroatoms. The number of nitrogens with zero attached hydrogens (tertiary/aromatic N) is 1. The summed E-state index contributed by atoms with van der Waals surface area (Å²) in [5.74, 6) is 0.160. The molecule has 3 aliphatic rings. The van der Waals surface area contributed by atoms with Crippen LogP contribution in [0.1, 0.15) is 12.8 Å². The van der Waals surface area contributed by atoms with E-state index in [0.717, 1.165) is 12.8 Å². The molecule has 3 fully saturated rings. The lowest BCUT2D eigenvalue weighted by atomic mass is 9.88. The summed E-state index contributed by atoms with van der Waals surface area (Å²) in [5.41, 5.74) is -0.754. The van der Waals surface area contributed by atoms with Crippen LogP contribution in [-0.4, -0.2) is 47.9 Å². The van der Waals surface area contributed by atoms with Crippen LogP contribution in [-0.2, 0) is 9.59 Å². The molecule has 2 N–H and O–H groups in total. The fraction of sp³-hybridized carbons (Fsp3) is 0.778. The van der Waals surface area contributed by atoms with Crippen molar-refractivity contribution in [3.63, 3.8) is 0 Å². The molecule has 3 aliphatic heterocycles. The highest BCUT2D eigenvalue weighted by atomic mass is 16.2. The Kier molecular flexibility index (Phi) is 1.24. The van der Waals surface area contributed by atoms with Gasteiger partial charge in [0.05, 0.1) is 0 Å². The fourth-order valence-electron chi connectivity index (χ4n) is 2.83. The van der Waals surface area contributed by atoms with Crippen molar-refractivity contribution in [1.82, 2.24) is 15.5 Å². The molecule has 2 spiro atoms. The molecule has 2 amide bonds. The first kappa shape index (κ1) is 8.23. The van der Waals surface area contributed by atoms with Crippen molar-refractivity contribution in [1.29, 1.82) is 0 Å². The van der Waals surface area contributed by atoms with E-state index in [2.05, 4.69) is 10.6 Å². The number of rotatable bonds is 0. The fourth-order valence-corrected chi connectivity index (χ4v) is 2.83. The Labute approximate surface area is 81.8 Å². The Hall–Kier alpha value is -1.10. The van der Waals surface area contributed by atoms with Gasteiger partial charge in [0.25, 0.3) is 0 Å². The Balaban J connectivity index is 1.95. The molecule has 0 aromatic rings. The van der Waals surface area contributed by atoms with Gasteiger partial charge in [0.2, 0.25) is 11.8 Å². The minimum atomic E-state index is -0.377. The van der Waals surface area contributed by atoms with Crippen LogP contribution in [0, 0.1) is 0 Å². The molecule has 0 radical (unpaired) electrons. The third-order valence-electron chi connectivity index (χ3n) is 4.16. The van der Waals surface area contributed by atoms with E-state index >= 15 is 0 Å². The smallest absolute Gasteiger partial charge is 0.242 e. The molecule has 76 valence electrons. The zero-order valence-corrected chi connectivity index (χ0v) is 8.09. The highest BCUT2D eigenvalue weighted by Gasteiger charge is 2.66. The second-order valence-corrected chi connectivity index (χ2v) is 4.49. The number of amides is 2. The molecule has 2 unspecified atom stereocenters. The van der Waals surface area contributed by atoms with Gasteiger partial charge in [-0.3, -0.25) is 14.5 Å². The Morgan fingerprint density at radius 3 is 1.64 bits per heavy atom. The van der Waals surface area contributed by atoms with E-state index in [1.807, 2.05) is 11.9 Å². The van der Waals surface area contributed by atoms with E-state index in [9.17, 15) is 9.59 Å². The molecule has 0 aromatic carbocycles. The molecule has 0 aromatic heterocycles. The van der Waals surface area contributed by atoms with E-state index in [-0.39, 0.29) is 22.9 Å². The van der Waals surface area contributed by atoms with Gasteiger partial charge < -0.3 is 10.6 Å². The topological polar surface area (TPSA) is 61.4 Å². The quantitative estimate of drug-likeness (QED) is 0.460. The summed E-state index contributed by atoms with van der Waals surface area (Å²) < 4.78 is 0. The number of nitrogens with one attached hydrogen (secondary N) is 2. The molecule has 5 nitrogen and oxygen atoms in total. The Morgan fingerprint density at radius 2 is 1.50 bits per heavy atom. The minimum absolute atomic E-state index is 0.0802. The summed E-state index contributed by atoms with van der Waals surface area (Å²) in [6.07, 6.45) is 1.62. The monoisotopic (exact) mass is 195 g/mol. The molecule has 3 heterocycles. The first-order valence-corrected chi connectivity index (χ1v) is 4.92. The lowest BCUT2D eigenvalue weighted by Crippen LogP contribution is -2.78. The van der Waals surface area contributed by atoms with Crippen LogP contribution in [0.5, 0.6) is 0 Å². The molecule has 3 rings (SSSR count). The van der Waals surface area contributed by atoms with Gasteiger partial charge in [-0.25, -0.2) is 0 Å². The number of carbonyl (C=O) groups excluding carboxylic acids is 2. The largest absolute Gasteiger partial charge is 0.352 e. The molecular weight excluding hydrogens is 182 g/mol. The van der Waals surface area contributed by atoms with Crippen LogP contribution in [0.3, 0.4) is 0 Å². The minimum Gasteiger partial charge on any atom is -0.352 e. The van der Waals surface area contributed by atoms with Gasteiger partial charge in [-0.15, -0.1) is 0 Å². The van der Waals surface area contributed by atoms with Crippen LogP contribution >= 0.6 is 0 Å². The van der Waals surface area contributed by atoms with Gasteiger partial charge in [0.1, 0.15) is 11.1 Å². The number of hydrogen-bond acceptors (Lipinski definition) is 3. The van der Waals surface area contributed by atoms with Crippen LogP contribution in [0.4, 0.5) is 0 Å². The van der Waals surface area contributed by atoms with Gasteiger partial charge in [0, 0.05) is 13.1 Å². The van der Waals surface area contributed by atoms with E-state index in [0.29, 0.717) is 13.1 Å². The van der Waals surface area contributed by atoms with Crippen molar-refractivity contribution in [3.8, 4) is 0 Å². The molecule has 2 atom stereocenters. The average Bonchev–Trinajstić information content (AvgIpc) is 2.52. The van der Waals surface area contributed by atoms with Gasteiger partial charge in [-0.1, -0.05) is 0 Å². The molecule has 0 aliphatic carbocycles. The van der Waals surface area contributed by atoms with Crippen LogP contribution < -0.4 is 10.6 Å². The van der Waals surface area contributed by atoms with Crippen LogP contribution in [0.15, 0.2) is 0 Å². The maximum Gasteiger partial charge on any atom is 0.242 e. The summed E-state index contributed by atoms with van der Waals surface area (Å²) in [7, 11) is 1.89. The van der Waals surface area contributed by atoms with E-state index in [1.54, 1.807) is 0 Å². The van der Waals surface area contributed by atoms with Gasteiger partial charge in [0.15, 0.2) is 0 Å². The van der Waals surface area contributed by atoms with Crippen molar-refractivity contribution >= 4 is 11.8 Å². The van der Waals surface area contributed by atoms with Gasteiger partial charge >= 0.3 is 0 Å². The van der Waals surface area contributed by atoms with E-state index in [4.69, 9.17) is 0 Å². The zero-order chi connectivity index (χ0) is 9.97. The SMILES string of the molecule is CN1C2(CCC13CNC3=O)CNC2=O. The normalized spacial score (nSPS) is 46.1. The van der Waals surface area contributed by atoms with Crippen LogP contribution in [0.25, 0.3) is 0 Å². The summed E-state index contributed by atoms with van der Waals surface area (Å²) in [4.78, 5) is 25.0. The lowest BCUT2D eigenvalue weighted by Gasteiger charge is -2.50. The van der Waals surface area contributed by atoms with Crippen molar-refractivity contribution < 1.29 is 9.59 Å². The Bertz CT molecular complexity index is 311. The number of β-lactam (4-membered cyclic amide) rings is 2. The highest BCUT2D eigenvalue weighted by molar-refractivity contribution is 5.98. The number of hydrogen-bond donors (Lipinski definition) is 2. The average molecular weight is 195 g/mol. The maximum absolute atomic E-state index is 11.5. The first-order valence-electron chi connectivity index (χ1n) is 4.92. The van der Waals surface area contributed by atoms with Crippen molar-refractivity contribution in [2.75, 3.05) is 20.1 Å². The second-order valence-electron chi connectivity index (χ2n) is 4.49. The first-order chi connectivity index (χ1) is 6.62. The number of likely N-dealkylation sites (tertiary alicyclic amines) is 1. The van der Waals surface area contributed by atoms with Gasteiger partial charge in [-0.2, -0.15) is 0 Å². The standard InChI is InChI=1S/C9H13N3O2/c1-12-8(4-10-6(8)13)2-3-9(12)5-11-7(9)14/h2-5H2,1H3,(H,10,13)(H,11,14). The van der Waals surface area contributed by atoms with Crippen LogP contribution in [0.2, 0.25) is 0 Å². The van der Waals surface area contributed by atoms with Crippen molar-refractivity contribution in [3.05, 3.63) is 0 Å². The van der Waals surface area contributed by atoms with Crippen molar-refractivity contribution in [2.24, 2.45) is 0 Å². The van der Waals surface area contributed by atoms with Gasteiger partial charge in [-0.05, 0) is 19.9 Å². The molecule has 3 saturated heterocycles. The van der Waals surface area contributed by atoms with E-state index < -0.39 is 0 Å². The summed E-state index contributed by atoms with van der Waals surface area (Å²) in [6, 6.07) is 0. The predicted octanol–water partition coefficient (Wildman–Crippen LogP) is -1.55. The zero-order valence-electron chi connectivity index (χ0n) is 8.09. The summed E-state index contributed by atoms with van der Waals surface area (Å²) in [6.45, 7) is 1.38. The third-order valence-corrected chi connectivity index (χ3v) is 4.16. The summed E-state index contributed by atoms with van der Waals surface area (Å²) in [5, 5.41) is 5.52. The number of carbonyl (C=O) groups is 2. The lowest BCUT2D eigenvalue weighted by molar-refractivity contribution is -0.152. The highest BCUT2D eigenvalue weighted by Crippen LogP contribution is 2.45. The Morgan fingerprint density at radius 1 is 1.07 bits per heavy atom. The molecule has 0 saturated carbocycles. The third kappa shape index (κ3) is 0.609.